The van der Waals surface area contributed by atoms with Crippen molar-refractivity contribution >= 4 is 21.4 Å². The second-order valence-electron chi connectivity index (χ2n) is 9.22. The molecule has 0 unspecified atom stereocenters. The lowest BCUT2D eigenvalue weighted by atomic mass is 9.90. The molecule has 0 N–H and O–H groups in total. The summed E-state index contributed by atoms with van der Waals surface area (Å²) < 4.78 is 42.9. The van der Waals surface area contributed by atoms with Gasteiger partial charge >= 0.3 is 0 Å². The number of pyridine rings is 1. The maximum atomic E-state index is 14.0. The monoisotopic (exact) mass is 484 g/mol. The molecule has 2 aliphatic heterocycles. The second-order valence-corrected chi connectivity index (χ2v) is 11.2. The smallest absolute Gasteiger partial charge is 0.257 e. The summed E-state index contributed by atoms with van der Waals surface area (Å²) in [6.45, 7) is 2.36. The Morgan fingerprint density at radius 3 is 2.50 bits per heavy atom. The van der Waals surface area contributed by atoms with Gasteiger partial charge in [-0.3, -0.25) is 4.79 Å². The minimum absolute atomic E-state index is 0.0286. The molecule has 0 aliphatic carbocycles. The Bertz CT molecular complexity index is 1290. The lowest BCUT2D eigenvalue weighted by Crippen LogP contribution is -2.38. The van der Waals surface area contributed by atoms with E-state index in [9.17, 15) is 17.6 Å². The molecule has 180 valence electrons. The van der Waals surface area contributed by atoms with E-state index in [1.165, 1.54) is 16.4 Å². The summed E-state index contributed by atoms with van der Waals surface area (Å²) in [6, 6.07) is 10.0. The number of fused-ring (bicyclic) bond motifs is 1. The zero-order valence-corrected chi connectivity index (χ0v) is 19.9. The van der Waals surface area contributed by atoms with Crippen LogP contribution in [0, 0.1) is 5.82 Å². The number of sulfonamides is 1. The van der Waals surface area contributed by atoms with Crippen molar-refractivity contribution in [3.05, 3.63) is 71.3 Å². The number of likely N-dealkylation sites (tertiary alicyclic amines) is 1. The first-order valence-electron chi connectivity index (χ1n) is 11.9. The summed E-state index contributed by atoms with van der Waals surface area (Å²) in [5.41, 5.74) is 2.70. The van der Waals surface area contributed by atoms with Gasteiger partial charge in [-0.15, -0.1) is 0 Å². The third-order valence-corrected chi connectivity index (χ3v) is 8.86. The van der Waals surface area contributed by atoms with Crippen LogP contribution in [0.4, 0.5) is 4.39 Å². The van der Waals surface area contributed by atoms with Gasteiger partial charge in [0.1, 0.15) is 5.82 Å². The molecule has 7 nitrogen and oxygen atoms in total. The molecule has 2 fully saturated rings. The molecular formula is C25H29FN4O3S. The van der Waals surface area contributed by atoms with Gasteiger partial charge in [0.25, 0.3) is 5.91 Å². The van der Waals surface area contributed by atoms with Crippen molar-refractivity contribution in [2.75, 3.05) is 26.2 Å². The second kappa shape index (κ2) is 9.46. The zero-order valence-electron chi connectivity index (χ0n) is 19.1. The zero-order chi connectivity index (χ0) is 23.7. The Morgan fingerprint density at radius 2 is 1.76 bits per heavy atom. The molecule has 4 heterocycles. The van der Waals surface area contributed by atoms with Crippen molar-refractivity contribution in [2.24, 2.45) is 0 Å². The van der Waals surface area contributed by atoms with Gasteiger partial charge in [0.15, 0.2) is 0 Å². The Hall–Kier alpha value is -2.78. The molecule has 2 aromatic heterocycles. The van der Waals surface area contributed by atoms with E-state index < -0.39 is 15.8 Å². The van der Waals surface area contributed by atoms with Gasteiger partial charge in [-0.2, -0.15) is 5.10 Å². The molecule has 0 saturated carbocycles. The summed E-state index contributed by atoms with van der Waals surface area (Å²) in [5.74, 6) is -0.600. The van der Waals surface area contributed by atoms with Gasteiger partial charge < -0.3 is 4.90 Å². The molecule has 0 atom stereocenters. The molecule has 0 bridgehead atoms. The number of hydrogen-bond acceptors (Lipinski definition) is 4. The third-order valence-electron chi connectivity index (χ3n) is 7.03. The Morgan fingerprint density at radius 1 is 1.03 bits per heavy atom. The Kier molecular flexibility index (Phi) is 6.40. The van der Waals surface area contributed by atoms with E-state index in [-0.39, 0.29) is 23.1 Å². The van der Waals surface area contributed by atoms with Crippen LogP contribution in [0.2, 0.25) is 0 Å². The molecule has 9 heteroatoms. The number of halogens is 1. The van der Waals surface area contributed by atoms with E-state index in [4.69, 9.17) is 0 Å². The normalized spacial score (nSPS) is 18.4. The molecule has 0 spiro atoms. The standard InChI is InChI=1S/C25H29FN4O3S/c26-23-7-3-2-6-21(23)18-34(32,33)29-13-8-19(9-14-29)20-10-15-30-24(16-20)22(17-27-30)25(31)28-11-4-1-5-12-28/h2-3,6-7,10,15-17,19H,1,4-5,8-9,11-14,18H2. The third kappa shape index (κ3) is 4.59. The summed E-state index contributed by atoms with van der Waals surface area (Å²) in [7, 11) is -3.59. The van der Waals surface area contributed by atoms with E-state index in [0.717, 1.165) is 43.4 Å². The number of piperidine rings is 2. The highest BCUT2D eigenvalue weighted by molar-refractivity contribution is 7.88. The van der Waals surface area contributed by atoms with E-state index >= 15 is 0 Å². The van der Waals surface area contributed by atoms with Crippen molar-refractivity contribution in [3.63, 3.8) is 0 Å². The fraction of sp³-hybridized carbons (Fsp3) is 0.440. The number of rotatable bonds is 5. The summed E-state index contributed by atoms with van der Waals surface area (Å²) >= 11 is 0. The van der Waals surface area contributed by atoms with Crippen molar-refractivity contribution < 1.29 is 17.6 Å². The van der Waals surface area contributed by atoms with Crippen LogP contribution in [0.5, 0.6) is 0 Å². The quantitative estimate of drug-likeness (QED) is 0.552. The minimum Gasteiger partial charge on any atom is -0.339 e. The summed E-state index contributed by atoms with van der Waals surface area (Å²) in [4.78, 5) is 15.0. The topological polar surface area (TPSA) is 75.0 Å². The van der Waals surface area contributed by atoms with Crippen molar-refractivity contribution in [1.29, 1.82) is 0 Å². The van der Waals surface area contributed by atoms with Crippen molar-refractivity contribution in [1.82, 2.24) is 18.8 Å². The van der Waals surface area contributed by atoms with E-state index in [0.29, 0.717) is 31.5 Å². The molecule has 5 rings (SSSR count). The molecule has 2 aliphatic rings. The molecule has 34 heavy (non-hydrogen) atoms. The van der Waals surface area contributed by atoms with Crippen LogP contribution in [0.25, 0.3) is 5.52 Å². The fourth-order valence-electron chi connectivity index (χ4n) is 5.05. The number of nitrogens with zero attached hydrogens (tertiary/aromatic N) is 4. The first-order valence-corrected chi connectivity index (χ1v) is 13.5. The van der Waals surface area contributed by atoms with Crippen molar-refractivity contribution in [3.8, 4) is 0 Å². The lowest BCUT2D eigenvalue weighted by molar-refractivity contribution is 0.0726. The molecule has 3 aromatic rings. The average molecular weight is 485 g/mol. The van der Waals surface area contributed by atoms with E-state index in [1.54, 1.807) is 22.8 Å². The number of aromatic nitrogens is 2. The predicted octanol–water partition coefficient (Wildman–Crippen LogP) is 3.81. The van der Waals surface area contributed by atoms with Crippen LogP contribution >= 0.6 is 0 Å². The maximum Gasteiger partial charge on any atom is 0.257 e. The van der Waals surface area contributed by atoms with Gasteiger partial charge in [0.05, 0.1) is 23.0 Å². The van der Waals surface area contributed by atoms with Crippen LogP contribution in [-0.4, -0.2) is 59.3 Å². The largest absolute Gasteiger partial charge is 0.339 e. The first kappa shape index (κ1) is 23.0. The average Bonchev–Trinajstić information content (AvgIpc) is 3.29. The molecule has 1 amide bonds. The summed E-state index contributed by atoms with van der Waals surface area (Å²) in [5, 5.41) is 4.36. The van der Waals surface area contributed by atoms with E-state index in [1.807, 2.05) is 23.2 Å². The lowest BCUT2D eigenvalue weighted by Gasteiger charge is -2.31. The maximum absolute atomic E-state index is 14.0. The van der Waals surface area contributed by atoms with Crippen LogP contribution in [0.3, 0.4) is 0 Å². The van der Waals surface area contributed by atoms with Crippen LogP contribution < -0.4 is 0 Å². The molecule has 1 aromatic carbocycles. The van der Waals surface area contributed by atoms with Gasteiger partial charge in [-0.25, -0.2) is 21.6 Å². The highest BCUT2D eigenvalue weighted by Gasteiger charge is 2.30. The summed E-state index contributed by atoms with van der Waals surface area (Å²) in [6.07, 6.45) is 8.11. The Balaban J connectivity index is 1.29. The number of carbonyl (C=O) groups is 1. The van der Waals surface area contributed by atoms with Gasteiger partial charge in [0.2, 0.25) is 10.0 Å². The van der Waals surface area contributed by atoms with E-state index in [2.05, 4.69) is 5.10 Å². The van der Waals surface area contributed by atoms with Crippen LogP contribution in [0.1, 0.15) is 59.5 Å². The minimum atomic E-state index is -3.59. The first-order chi connectivity index (χ1) is 16.4. The van der Waals surface area contributed by atoms with Crippen molar-refractivity contribution in [2.45, 2.75) is 43.8 Å². The van der Waals surface area contributed by atoms with Crippen LogP contribution in [0.15, 0.2) is 48.8 Å². The van der Waals surface area contributed by atoms with Gasteiger partial charge in [0, 0.05) is 37.9 Å². The van der Waals surface area contributed by atoms with Gasteiger partial charge in [-0.1, -0.05) is 18.2 Å². The Labute approximate surface area is 199 Å². The fourth-order valence-corrected chi connectivity index (χ4v) is 6.63. The highest BCUT2D eigenvalue weighted by Crippen LogP contribution is 2.31. The molecule has 0 radical (unpaired) electrons. The predicted molar refractivity (Wildman–Crippen MR) is 128 cm³/mol. The number of amides is 1. The van der Waals surface area contributed by atoms with Gasteiger partial charge in [-0.05, 0) is 61.8 Å². The number of benzene rings is 1. The molecular weight excluding hydrogens is 455 g/mol. The number of carbonyl (C=O) groups excluding carboxylic acids is 1. The number of hydrogen-bond donors (Lipinski definition) is 0. The SMILES string of the molecule is O=C(c1cnn2ccc(C3CCN(S(=O)(=O)Cc4ccccc4F)CC3)cc12)N1CCCCC1. The molecule has 2 saturated heterocycles. The van der Waals surface area contributed by atoms with Crippen LogP contribution in [-0.2, 0) is 15.8 Å². The highest BCUT2D eigenvalue weighted by atomic mass is 32.2.